The molecule has 0 atom stereocenters. The molecule has 0 aromatic carbocycles. The summed E-state index contributed by atoms with van der Waals surface area (Å²) >= 11 is 5.08. The summed E-state index contributed by atoms with van der Waals surface area (Å²) in [6, 6.07) is 0. The number of rotatable bonds is 6. The van der Waals surface area contributed by atoms with Gasteiger partial charge in [0.2, 0.25) is 5.91 Å². The van der Waals surface area contributed by atoms with Crippen LogP contribution in [0, 0.1) is 0 Å². The first kappa shape index (κ1) is 29.0. The number of amides is 1. The Labute approximate surface area is 178 Å². The molecule has 2 aliphatic rings. The van der Waals surface area contributed by atoms with E-state index in [0.29, 0.717) is 6.42 Å². The first-order valence-electron chi connectivity index (χ1n) is 7.93. The molecule has 0 spiro atoms. The number of nitrogens with two attached hydrogens (primary N) is 1. The monoisotopic (exact) mass is 445 g/mol. The number of unbranched alkanes of at least 4 members (excludes halogenated alkanes) is 4. The van der Waals surface area contributed by atoms with Crippen LogP contribution in [0.5, 0.6) is 0 Å². The van der Waals surface area contributed by atoms with Gasteiger partial charge in [-0.2, -0.15) is 0 Å². The van der Waals surface area contributed by atoms with Gasteiger partial charge in [-0.3, -0.25) is 4.79 Å². The summed E-state index contributed by atoms with van der Waals surface area (Å²) in [5.74, 6) is -0.170. The SMILES string of the molecule is CCCCCCCC(N)=O.[Cl-].[Cl-].[V+][C]1=CC=CC1.[V+][C]1=CC=CC1. The predicted molar refractivity (Wildman–Crippen MR) is 86.3 cm³/mol. The van der Waals surface area contributed by atoms with Gasteiger partial charge in [0.1, 0.15) is 0 Å². The summed E-state index contributed by atoms with van der Waals surface area (Å²) < 4.78 is 2.81. The van der Waals surface area contributed by atoms with Gasteiger partial charge in [0, 0.05) is 6.42 Å². The molecule has 0 bridgehead atoms. The molecule has 6 heteroatoms. The van der Waals surface area contributed by atoms with E-state index < -0.39 is 0 Å². The minimum atomic E-state index is -0.170. The van der Waals surface area contributed by atoms with Gasteiger partial charge < -0.3 is 30.5 Å². The number of hydrogen-bond donors (Lipinski definition) is 1. The number of halogens is 2. The van der Waals surface area contributed by atoms with E-state index in [4.69, 9.17) is 5.73 Å². The molecule has 0 aromatic rings. The van der Waals surface area contributed by atoms with Crippen LogP contribution in [0.1, 0.15) is 58.3 Å². The van der Waals surface area contributed by atoms with Crippen molar-refractivity contribution in [2.45, 2.75) is 58.3 Å². The van der Waals surface area contributed by atoms with Crippen LogP contribution in [-0.4, -0.2) is 5.91 Å². The van der Waals surface area contributed by atoms with Crippen molar-refractivity contribution in [1.29, 1.82) is 0 Å². The summed E-state index contributed by atoms with van der Waals surface area (Å²) in [6.45, 7) is 2.17. The van der Waals surface area contributed by atoms with Crippen molar-refractivity contribution in [1.82, 2.24) is 0 Å². The second kappa shape index (κ2) is 21.2. The Hall–Kier alpha value is 0.179. The molecule has 0 saturated carbocycles. The zero-order valence-corrected chi connectivity index (χ0v) is 18.6. The van der Waals surface area contributed by atoms with E-state index in [0.717, 1.165) is 25.7 Å². The van der Waals surface area contributed by atoms with E-state index >= 15 is 0 Å². The molecule has 2 nitrogen and oxygen atoms in total. The van der Waals surface area contributed by atoms with Crippen molar-refractivity contribution in [3.8, 4) is 0 Å². The molecule has 134 valence electrons. The van der Waals surface area contributed by atoms with Crippen molar-refractivity contribution in [3.63, 3.8) is 0 Å². The van der Waals surface area contributed by atoms with Gasteiger partial charge in [-0.25, -0.2) is 0 Å². The normalized spacial score (nSPS) is 13.1. The Morgan fingerprint density at radius 1 is 0.958 bits per heavy atom. The third-order valence-electron chi connectivity index (χ3n) is 3.03. The number of primary amides is 1. The van der Waals surface area contributed by atoms with E-state index in [1.807, 2.05) is 0 Å². The predicted octanol–water partition coefficient (Wildman–Crippen LogP) is -1.41. The Morgan fingerprint density at radius 2 is 1.42 bits per heavy atom. The average molecular weight is 446 g/mol. The molecule has 0 aromatic heterocycles. The summed E-state index contributed by atoms with van der Waals surface area (Å²) in [4.78, 5) is 10.3. The van der Waals surface area contributed by atoms with Crippen molar-refractivity contribution in [2.75, 3.05) is 0 Å². The molecule has 0 aliphatic heterocycles. The quantitative estimate of drug-likeness (QED) is 0.502. The zero-order valence-electron chi connectivity index (χ0n) is 14.3. The molecule has 1 amide bonds. The molecule has 0 heterocycles. The standard InChI is InChI=1S/C8H17NO.2C5H5.2ClH.2V/c1-2-3-4-5-6-7-8(9)10;2*1-2-4-5-3-1;;;;/h2-7H2,1H3,(H2,9,10);2*1-3H,4H2;2*1H;;/q;;;;;2*+1/p-2. The second-order valence-electron chi connectivity index (χ2n) is 5.21. The van der Waals surface area contributed by atoms with Gasteiger partial charge in [0.05, 0.1) is 0 Å². The maximum absolute atomic E-state index is 10.3. The van der Waals surface area contributed by atoms with Gasteiger partial charge in [0.25, 0.3) is 0 Å². The molecular weight excluding hydrogens is 419 g/mol. The molecule has 0 fully saturated rings. The number of carbonyl (C=O) groups is 1. The van der Waals surface area contributed by atoms with E-state index in [9.17, 15) is 4.79 Å². The van der Waals surface area contributed by atoms with Crippen LogP contribution in [0.2, 0.25) is 0 Å². The molecule has 0 saturated heterocycles. The molecular formula is C18H27Cl2NOV2. The van der Waals surface area contributed by atoms with Crippen LogP contribution in [0.25, 0.3) is 0 Å². The minimum absolute atomic E-state index is 0. The van der Waals surface area contributed by atoms with E-state index in [1.165, 1.54) is 27.8 Å². The fraction of sp³-hybridized carbons (Fsp3) is 0.500. The van der Waals surface area contributed by atoms with E-state index in [-0.39, 0.29) is 30.7 Å². The van der Waals surface area contributed by atoms with Gasteiger partial charge in [-0.1, -0.05) is 32.6 Å². The Morgan fingerprint density at radius 3 is 1.67 bits per heavy atom. The molecule has 24 heavy (non-hydrogen) atoms. The zero-order chi connectivity index (χ0) is 16.6. The van der Waals surface area contributed by atoms with Crippen molar-refractivity contribution in [3.05, 3.63) is 45.0 Å². The second-order valence-corrected chi connectivity index (χ2v) is 7.01. The molecule has 0 radical (unpaired) electrons. The first-order valence-corrected chi connectivity index (χ1v) is 9.33. The summed E-state index contributed by atoms with van der Waals surface area (Å²) in [5.41, 5.74) is 4.97. The van der Waals surface area contributed by atoms with Crippen LogP contribution in [0.3, 0.4) is 0 Å². The van der Waals surface area contributed by atoms with Crippen LogP contribution in [-0.2, 0) is 39.6 Å². The fourth-order valence-electron chi connectivity index (χ4n) is 1.77. The Kier molecular flexibility index (Phi) is 25.6. The average Bonchev–Trinajstić information content (AvgIpc) is 3.13. The van der Waals surface area contributed by atoms with Crippen molar-refractivity contribution >= 4 is 5.91 Å². The van der Waals surface area contributed by atoms with E-state index in [2.05, 4.69) is 78.2 Å². The first-order chi connectivity index (χ1) is 10.6. The fourth-order valence-corrected chi connectivity index (χ4v) is 2.37. The van der Waals surface area contributed by atoms with Gasteiger partial charge in [-0.15, -0.1) is 0 Å². The van der Waals surface area contributed by atoms with Crippen LogP contribution in [0.15, 0.2) is 45.0 Å². The van der Waals surface area contributed by atoms with Crippen molar-refractivity contribution in [2.24, 2.45) is 5.73 Å². The van der Waals surface area contributed by atoms with Gasteiger partial charge in [-0.05, 0) is 6.42 Å². The van der Waals surface area contributed by atoms with Gasteiger partial charge >= 0.3 is 92.7 Å². The Balaban J connectivity index is -0.000000275. The molecule has 2 rings (SSSR count). The third kappa shape index (κ3) is 22.2. The Bertz CT molecular complexity index is 405. The summed E-state index contributed by atoms with van der Waals surface area (Å²) in [5, 5.41) is 0. The van der Waals surface area contributed by atoms with Crippen LogP contribution >= 0.6 is 0 Å². The third-order valence-corrected chi connectivity index (χ3v) is 4.07. The molecule has 2 aliphatic carbocycles. The van der Waals surface area contributed by atoms with Crippen molar-refractivity contribution < 1.29 is 64.5 Å². The summed E-state index contributed by atoms with van der Waals surface area (Å²) in [7, 11) is 0. The molecule has 0 unspecified atom stereocenters. The number of allylic oxidation sites excluding steroid dienone is 8. The van der Waals surface area contributed by atoms with E-state index in [1.54, 1.807) is 0 Å². The number of hydrogen-bond acceptors (Lipinski definition) is 1. The summed E-state index contributed by atoms with van der Waals surface area (Å²) in [6.07, 6.45) is 21.4. The van der Waals surface area contributed by atoms with Crippen LogP contribution < -0.4 is 30.5 Å². The maximum atomic E-state index is 10.3. The van der Waals surface area contributed by atoms with Gasteiger partial charge in [0.15, 0.2) is 0 Å². The topological polar surface area (TPSA) is 43.1 Å². The number of carbonyl (C=O) groups excluding carboxylic acids is 1. The van der Waals surface area contributed by atoms with Crippen LogP contribution in [0.4, 0.5) is 0 Å². The molecule has 2 N–H and O–H groups in total.